The van der Waals surface area contributed by atoms with E-state index in [1.54, 1.807) is 6.26 Å². The standard InChI is InChI=1S/C15H24N2O2/c1-3-9-17(13-6-4-12(16)5-7-13)15(18)14-11(2)8-10-19-14/h8,10,12-13H,3-7,9,16H2,1-2H3. The summed E-state index contributed by atoms with van der Waals surface area (Å²) in [6, 6.07) is 2.46. The maximum absolute atomic E-state index is 12.6. The number of carbonyl (C=O) groups excluding carboxylic acids is 1. The van der Waals surface area contributed by atoms with E-state index in [-0.39, 0.29) is 5.91 Å². The molecule has 0 aromatic carbocycles. The van der Waals surface area contributed by atoms with Crippen molar-refractivity contribution in [2.24, 2.45) is 5.73 Å². The Hall–Kier alpha value is -1.29. The fourth-order valence-corrected chi connectivity index (χ4v) is 2.83. The van der Waals surface area contributed by atoms with Crippen LogP contribution in [0.3, 0.4) is 0 Å². The highest BCUT2D eigenvalue weighted by molar-refractivity contribution is 5.93. The number of nitrogens with zero attached hydrogens (tertiary/aromatic N) is 1. The molecule has 4 heteroatoms. The summed E-state index contributed by atoms with van der Waals surface area (Å²) in [7, 11) is 0. The molecule has 19 heavy (non-hydrogen) atoms. The first-order valence-corrected chi connectivity index (χ1v) is 7.24. The molecule has 1 saturated carbocycles. The van der Waals surface area contributed by atoms with Crippen LogP contribution in [0.1, 0.15) is 55.1 Å². The second-order valence-corrected chi connectivity index (χ2v) is 5.50. The summed E-state index contributed by atoms with van der Waals surface area (Å²) in [6.07, 6.45) is 6.58. The van der Waals surface area contributed by atoms with Crippen molar-refractivity contribution in [3.8, 4) is 0 Å². The van der Waals surface area contributed by atoms with Gasteiger partial charge in [0.15, 0.2) is 5.76 Å². The minimum absolute atomic E-state index is 0.0322. The van der Waals surface area contributed by atoms with E-state index in [4.69, 9.17) is 10.2 Å². The molecule has 1 aliphatic carbocycles. The Morgan fingerprint density at radius 1 is 1.42 bits per heavy atom. The van der Waals surface area contributed by atoms with E-state index in [1.807, 2.05) is 17.9 Å². The molecule has 4 nitrogen and oxygen atoms in total. The van der Waals surface area contributed by atoms with Gasteiger partial charge in [0, 0.05) is 24.2 Å². The molecular weight excluding hydrogens is 240 g/mol. The van der Waals surface area contributed by atoms with E-state index in [2.05, 4.69) is 6.92 Å². The molecule has 1 amide bonds. The molecule has 1 aliphatic rings. The van der Waals surface area contributed by atoms with Gasteiger partial charge in [-0.1, -0.05) is 6.92 Å². The van der Waals surface area contributed by atoms with E-state index in [9.17, 15) is 4.79 Å². The molecule has 1 aromatic heterocycles. The first-order valence-electron chi connectivity index (χ1n) is 7.24. The molecule has 106 valence electrons. The minimum Gasteiger partial charge on any atom is -0.459 e. The van der Waals surface area contributed by atoms with Gasteiger partial charge in [-0.05, 0) is 45.1 Å². The molecule has 1 aromatic rings. The van der Waals surface area contributed by atoms with E-state index in [1.165, 1.54) is 0 Å². The van der Waals surface area contributed by atoms with Crippen LogP contribution in [-0.4, -0.2) is 29.4 Å². The highest BCUT2D eigenvalue weighted by Crippen LogP contribution is 2.24. The third-order valence-corrected chi connectivity index (χ3v) is 3.96. The van der Waals surface area contributed by atoms with Gasteiger partial charge in [-0.15, -0.1) is 0 Å². The molecule has 0 saturated heterocycles. The van der Waals surface area contributed by atoms with E-state index < -0.39 is 0 Å². The van der Waals surface area contributed by atoms with Crippen LogP contribution in [0, 0.1) is 6.92 Å². The second-order valence-electron chi connectivity index (χ2n) is 5.50. The second kappa shape index (κ2) is 6.24. The Labute approximate surface area is 114 Å². The lowest BCUT2D eigenvalue weighted by atomic mass is 9.90. The third-order valence-electron chi connectivity index (χ3n) is 3.96. The van der Waals surface area contributed by atoms with Gasteiger partial charge in [-0.2, -0.15) is 0 Å². The smallest absolute Gasteiger partial charge is 0.290 e. The van der Waals surface area contributed by atoms with Crippen molar-refractivity contribution in [3.05, 3.63) is 23.7 Å². The van der Waals surface area contributed by atoms with Crippen LogP contribution in [0.2, 0.25) is 0 Å². The third kappa shape index (κ3) is 3.18. The summed E-state index contributed by atoms with van der Waals surface area (Å²) >= 11 is 0. The zero-order valence-corrected chi connectivity index (χ0v) is 11.9. The van der Waals surface area contributed by atoms with Crippen LogP contribution in [0.25, 0.3) is 0 Å². The highest BCUT2D eigenvalue weighted by Gasteiger charge is 2.29. The van der Waals surface area contributed by atoms with Crippen molar-refractivity contribution < 1.29 is 9.21 Å². The van der Waals surface area contributed by atoms with Crippen LogP contribution in [0.15, 0.2) is 16.7 Å². The Kier molecular flexibility index (Phi) is 4.64. The molecule has 2 rings (SSSR count). The van der Waals surface area contributed by atoms with Crippen molar-refractivity contribution in [3.63, 3.8) is 0 Å². The summed E-state index contributed by atoms with van der Waals surface area (Å²) in [6.45, 7) is 4.81. The monoisotopic (exact) mass is 264 g/mol. The lowest BCUT2D eigenvalue weighted by Gasteiger charge is -2.35. The van der Waals surface area contributed by atoms with Crippen LogP contribution in [0.5, 0.6) is 0 Å². The van der Waals surface area contributed by atoms with Crippen LogP contribution in [-0.2, 0) is 0 Å². The number of amides is 1. The molecule has 0 aliphatic heterocycles. The first kappa shape index (κ1) is 14.1. The van der Waals surface area contributed by atoms with Gasteiger partial charge in [0.05, 0.1) is 6.26 Å². The number of rotatable bonds is 4. The SMILES string of the molecule is CCCN(C(=O)c1occc1C)C1CCC(N)CC1. The zero-order chi connectivity index (χ0) is 13.8. The number of hydrogen-bond acceptors (Lipinski definition) is 3. The zero-order valence-electron chi connectivity index (χ0n) is 11.9. The molecule has 0 radical (unpaired) electrons. The number of furan rings is 1. The highest BCUT2D eigenvalue weighted by atomic mass is 16.3. The van der Waals surface area contributed by atoms with E-state index in [0.29, 0.717) is 17.8 Å². The average Bonchev–Trinajstić information content (AvgIpc) is 2.83. The summed E-state index contributed by atoms with van der Waals surface area (Å²) in [5.41, 5.74) is 6.86. The molecule has 0 atom stereocenters. The van der Waals surface area contributed by atoms with Crippen molar-refractivity contribution in [1.82, 2.24) is 4.90 Å². The van der Waals surface area contributed by atoms with Gasteiger partial charge in [0.2, 0.25) is 0 Å². The molecule has 0 spiro atoms. The van der Waals surface area contributed by atoms with Gasteiger partial charge in [-0.3, -0.25) is 4.79 Å². The molecule has 1 heterocycles. The van der Waals surface area contributed by atoms with Gasteiger partial charge in [-0.25, -0.2) is 0 Å². The maximum Gasteiger partial charge on any atom is 0.290 e. The van der Waals surface area contributed by atoms with Crippen molar-refractivity contribution >= 4 is 5.91 Å². The Bertz CT molecular complexity index is 420. The minimum atomic E-state index is 0.0322. The summed E-state index contributed by atoms with van der Waals surface area (Å²) in [5, 5.41) is 0. The normalized spacial score (nSPS) is 23.3. The summed E-state index contributed by atoms with van der Waals surface area (Å²) in [4.78, 5) is 14.6. The van der Waals surface area contributed by atoms with E-state index >= 15 is 0 Å². The largest absolute Gasteiger partial charge is 0.459 e. The number of carbonyl (C=O) groups is 1. The number of hydrogen-bond donors (Lipinski definition) is 1. The summed E-state index contributed by atoms with van der Waals surface area (Å²) < 4.78 is 5.35. The van der Waals surface area contributed by atoms with Crippen LogP contribution < -0.4 is 5.73 Å². The van der Waals surface area contributed by atoms with Crippen LogP contribution in [0.4, 0.5) is 0 Å². The molecule has 2 N–H and O–H groups in total. The topological polar surface area (TPSA) is 59.5 Å². The molecule has 0 bridgehead atoms. The number of nitrogens with two attached hydrogens (primary N) is 1. The van der Waals surface area contributed by atoms with Gasteiger partial charge >= 0.3 is 0 Å². The lowest BCUT2D eigenvalue weighted by molar-refractivity contribution is 0.0593. The average molecular weight is 264 g/mol. The van der Waals surface area contributed by atoms with Crippen molar-refractivity contribution in [1.29, 1.82) is 0 Å². The Morgan fingerprint density at radius 3 is 2.63 bits per heavy atom. The first-order chi connectivity index (χ1) is 9.13. The van der Waals surface area contributed by atoms with Crippen LogP contribution >= 0.6 is 0 Å². The van der Waals surface area contributed by atoms with Gasteiger partial charge < -0.3 is 15.1 Å². The van der Waals surface area contributed by atoms with Crippen molar-refractivity contribution in [2.45, 2.75) is 58.0 Å². The van der Waals surface area contributed by atoms with Gasteiger partial charge in [0.1, 0.15) is 0 Å². The maximum atomic E-state index is 12.6. The quantitative estimate of drug-likeness (QED) is 0.909. The Balaban J connectivity index is 2.11. The fourth-order valence-electron chi connectivity index (χ4n) is 2.83. The van der Waals surface area contributed by atoms with E-state index in [0.717, 1.165) is 44.2 Å². The predicted molar refractivity (Wildman–Crippen MR) is 75.0 cm³/mol. The molecule has 1 fully saturated rings. The lowest BCUT2D eigenvalue weighted by Crippen LogP contribution is -2.44. The van der Waals surface area contributed by atoms with Crippen molar-refractivity contribution in [2.75, 3.05) is 6.54 Å². The summed E-state index contributed by atoms with van der Waals surface area (Å²) in [5.74, 6) is 0.521. The number of aryl methyl sites for hydroxylation is 1. The molecule has 0 unspecified atom stereocenters. The van der Waals surface area contributed by atoms with Gasteiger partial charge in [0.25, 0.3) is 5.91 Å². The Morgan fingerprint density at radius 2 is 2.11 bits per heavy atom. The fraction of sp³-hybridized carbons (Fsp3) is 0.667. The molecular formula is C15H24N2O2. The predicted octanol–water partition coefficient (Wildman–Crippen LogP) is 2.71.